The van der Waals surface area contributed by atoms with Crippen LogP contribution in [0.25, 0.3) is 22.4 Å². The van der Waals surface area contributed by atoms with Crippen LogP contribution in [0.3, 0.4) is 0 Å². The number of benzene rings is 2. The first kappa shape index (κ1) is 33.8. The van der Waals surface area contributed by atoms with Crippen molar-refractivity contribution in [3.63, 3.8) is 0 Å². The zero-order valence-electron chi connectivity index (χ0n) is 27.9. The monoisotopic (exact) mass is 611 g/mol. The van der Waals surface area contributed by atoms with Gasteiger partial charge in [0.2, 0.25) is 5.91 Å². The Labute approximate surface area is 268 Å². The van der Waals surface area contributed by atoms with E-state index in [1.54, 1.807) is 12.4 Å². The predicted octanol–water partition coefficient (Wildman–Crippen LogP) is 6.24. The Hall–Kier alpha value is -4.08. The summed E-state index contributed by atoms with van der Waals surface area (Å²) in [5.41, 5.74) is 5.21. The molecule has 1 atom stereocenters. The number of pyridine rings is 1. The van der Waals surface area contributed by atoms with Crippen LogP contribution < -0.4 is 10.6 Å². The summed E-state index contributed by atoms with van der Waals surface area (Å²) < 4.78 is 2.06. The Morgan fingerprint density at radius 3 is 2.42 bits per heavy atom. The van der Waals surface area contributed by atoms with Crippen LogP contribution in [0.1, 0.15) is 68.9 Å². The van der Waals surface area contributed by atoms with E-state index in [9.17, 15) is 9.59 Å². The number of amides is 2. The minimum Gasteiger partial charge on any atom is -0.339 e. The van der Waals surface area contributed by atoms with Gasteiger partial charge in [0.25, 0.3) is 5.91 Å². The summed E-state index contributed by atoms with van der Waals surface area (Å²) in [5, 5.41) is 6.15. The van der Waals surface area contributed by atoms with Gasteiger partial charge in [0, 0.05) is 43.2 Å². The largest absolute Gasteiger partial charge is 0.339 e. The topological polar surface area (TPSA) is 95.4 Å². The maximum absolute atomic E-state index is 13.3. The minimum absolute atomic E-state index is 0.0246. The molecule has 0 spiro atoms. The number of aromatic nitrogens is 3. The third kappa shape index (κ3) is 7.96. The number of hydrogen-bond donors (Lipinski definition) is 2. The lowest BCUT2D eigenvalue weighted by Crippen LogP contribution is -2.44. The van der Waals surface area contributed by atoms with E-state index < -0.39 is 0 Å². The van der Waals surface area contributed by atoms with Crippen molar-refractivity contribution < 1.29 is 9.59 Å². The van der Waals surface area contributed by atoms with Gasteiger partial charge in [-0.15, -0.1) is 0 Å². The number of imidazole rings is 1. The fourth-order valence-corrected chi connectivity index (χ4v) is 5.97. The second-order valence-corrected chi connectivity index (χ2v) is 12.0. The first-order valence-electron chi connectivity index (χ1n) is 16.2. The van der Waals surface area contributed by atoms with Crippen molar-refractivity contribution in [3.05, 3.63) is 78.1 Å². The van der Waals surface area contributed by atoms with E-state index in [4.69, 9.17) is 4.98 Å². The number of fused-ring (bicyclic) bond motifs is 5. The number of hydrogen-bond acceptors (Lipinski definition) is 6. The van der Waals surface area contributed by atoms with Gasteiger partial charge in [-0.1, -0.05) is 39.8 Å². The normalized spacial score (nSPS) is 16.4. The number of carbonyl (C=O) groups excluding carboxylic acids is 2. The summed E-state index contributed by atoms with van der Waals surface area (Å²) in [6.07, 6.45) is 6.28. The minimum atomic E-state index is -0.365. The molecule has 2 aliphatic rings. The molecule has 1 fully saturated rings. The molecule has 0 radical (unpaired) electrons. The maximum Gasteiger partial charge on any atom is 0.253 e. The molecule has 4 heterocycles. The van der Waals surface area contributed by atoms with Crippen LogP contribution in [0, 0.1) is 5.92 Å². The standard InChI is InChI=1S/C27H33N5O2.C7H10N2.C2H6/c1-17(2)15-24-26(33)29-21-8-6-5-7-20(21)25-28-22-16-18(9-10-23(22)32(24)25)27(34)31(4)19-11-13-30(3)14-12-19;1-8-6-7-2-4-9-5-3-7;1-2/h5-10,16-17,19,24H,11-15H2,1-4H3,(H,29,33);2-5,8H,6H2,1H3;1-2H3. The number of carbonyl (C=O) groups is 2. The lowest BCUT2D eigenvalue weighted by Gasteiger charge is -2.35. The molecule has 2 N–H and O–H groups in total. The van der Waals surface area contributed by atoms with E-state index in [0.717, 1.165) is 60.6 Å². The molecule has 9 heteroatoms. The number of likely N-dealkylation sites (tertiary alicyclic amines) is 1. The van der Waals surface area contributed by atoms with Gasteiger partial charge in [0.1, 0.15) is 11.9 Å². The molecule has 6 rings (SSSR count). The molecule has 4 aromatic rings. The molecule has 2 aromatic heterocycles. The third-order valence-corrected chi connectivity index (χ3v) is 8.36. The molecule has 45 heavy (non-hydrogen) atoms. The molecule has 2 aromatic carbocycles. The second-order valence-electron chi connectivity index (χ2n) is 12.0. The van der Waals surface area contributed by atoms with E-state index in [1.807, 2.05) is 87.4 Å². The summed E-state index contributed by atoms with van der Waals surface area (Å²) in [4.78, 5) is 39.7. The fourth-order valence-electron chi connectivity index (χ4n) is 5.97. The van der Waals surface area contributed by atoms with Gasteiger partial charge in [-0.3, -0.25) is 14.6 Å². The van der Waals surface area contributed by atoms with Crippen LogP contribution in [0.5, 0.6) is 0 Å². The Morgan fingerprint density at radius 1 is 1.07 bits per heavy atom. The van der Waals surface area contributed by atoms with E-state index in [1.165, 1.54) is 5.56 Å². The molecule has 2 aliphatic heterocycles. The average Bonchev–Trinajstić information content (AvgIpc) is 3.38. The van der Waals surface area contributed by atoms with Gasteiger partial charge >= 0.3 is 0 Å². The molecular formula is C36H49N7O2. The number of rotatable bonds is 6. The quantitative estimate of drug-likeness (QED) is 0.268. The lowest BCUT2D eigenvalue weighted by molar-refractivity contribution is -0.119. The highest BCUT2D eigenvalue weighted by Crippen LogP contribution is 2.38. The number of para-hydroxylation sites is 1. The van der Waals surface area contributed by atoms with E-state index in [-0.39, 0.29) is 23.9 Å². The van der Waals surface area contributed by atoms with Gasteiger partial charge in [-0.05, 0) is 100 Å². The van der Waals surface area contributed by atoms with Crippen LogP contribution in [-0.4, -0.2) is 76.4 Å². The zero-order chi connectivity index (χ0) is 32.5. The molecule has 0 saturated carbocycles. The zero-order valence-corrected chi connectivity index (χ0v) is 27.9. The van der Waals surface area contributed by atoms with Gasteiger partial charge in [0.15, 0.2) is 0 Å². The summed E-state index contributed by atoms with van der Waals surface area (Å²) in [6, 6.07) is 17.4. The highest BCUT2D eigenvalue weighted by molar-refractivity contribution is 6.03. The highest BCUT2D eigenvalue weighted by atomic mass is 16.2. The smallest absolute Gasteiger partial charge is 0.253 e. The molecule has 9 nitrogen and oxygen atoms in total. The van der Waals surface area contributed by atoms with Crippen molar-refractivity contribution in [3.8, 4) is 11.4 Å². The van der Waals surface area contributed by atoms with Crippen molar-refractivity contribution in [2.24, 2.45) is 5.92 Å². The Morgan fingerprint density at radius 2 is 1.76 bits per heavy atom. The van der Waals surface area contributed by atoms with Crippen molar-refractivity contribution in [2.75, 3.05) is 39.5 Å². The molecule has 240 valence electrons. The van der Waals surface area contributed by atoms with Crippen molar-refractivity contribution in [1.29, 1.82) is 0 Å². The number of piperidine rings is 1. The molecule has 0 bridgehead atoms. The fraction of sp³-hybridized carbons (Fsp3) is 0.444. The summed E-state index contributed by atoms with van der Waals surface area (Å²) in [5.74, 6) is 1.10. The average molecular weight is 612 g/mol. The summed E-state index contributed by atoms with van der Waals surface area (Å²) in [7, 11) is 5.96. The summed E-state index contributed by atoms with van der Waals surface area (Å²) in [6.45, 7) is 11.2. The number of nitrogens with zero attached hydrogens (tertiary/aromatic N) is 5. The van der Waals surface area contributed by atoms with Crippen LogP contribution in [0.15, 0.2) is 67.0 Å². The molecule has 2 amide bonds. The summed E-state index contributed by atoms with van der Waals surface area (Å²) >= 11 is 0. The van der Waals surface area contributed by atoms with E-state index in [2.05, 4.69) is 46.0 Å². The SMILES string of the molecule is CC.CC(C)CC1C(=O)Nc2ccccc2-c2nc3cc(C(=O)N(C)C4CCN(C)CC4)ccc3n21.CNCc1ccncc1. The van der Waals surface area contributed by atoms with Crippen molar-refractivity contribution in [2.45, 2.75) is 65.6 Å². The Balaban J connectivity index is 0.000000358. The maximum atomic E-state index is 13.3. The molecular weight excluding hydrogens is 562 g/mol. The van der Waals surface area contributed by atoms with Crippen LogP contribution in [0.2, 0.25) is 0 Å². The first-order chi connectivity index (χ1) is 21.8. The Kier molecular flexibility index (Phi) is 11.8. The highest BCUT2D eigenvalue weighted by Gasteiger charge is 2.32. The number of anilines is 1. The van der Waals surface area contributed by atoms with E-state index >= 15 is 0 Å². The van der Waals surface area contributed by atoms with Gasteiger partial charge in [0.05, 0.1) is 16.7 Å². The first-order valence-corrected chi connectivity index (χ1v) is 16.2. The van der Waals surface area contributed by atoms with Crippen LogP contribution in [0.4, 0.5) is 5.69 Å². The molecule has 0 aliphatic carbocycles. The molecule has 1 unspecified atom stereocenters. The van der Waals surface area contributed by atoms with Crippen LogP contribution >= 0.6 is 0 Å². The van der Waals surface area contributed by atoms with Crippen molar-refractivity contribution in [1.82, 2.24) is 29.7 Å². The second kappa shape index (κ2) is 15.8. The van der Waals surface area contributed by atoms with E-state index in [0.29, 0.717) is 17.9 Å². The van der Waals surface area contributed by atoms with Gasteiger partial charge in [-0.25, -0.2) is 4.98 Å². The predicted molar refractivity (Wildman–Crippen MR) is 183 cm³/mol. The van der Waals surface area contributed by atoms with Gasteiger partial charge in [-0.2, -0.15) is 0 Å². The lowest BCUT2D eigenvalue weighted by atomic mass is 10.0. The van der Waals surface area contributed by atoms with Gasteiger partial charge < -0.3 is 25.0 Å². The Bertz CT molecular complexity index is 1560. The number of nitrogens with one attached hydrogen (secondary N) is 2. The van der Waals surface area contributed by atoms with Crippen molar-refractivity contribution >= 4 is 28.5 Å². The van der Waals surface area contributed by atoms with Crippen LogP contribution in [-0.2, 0) is 11.3 Å². The third-order valence-electron chi connectivity index (χ3n) is 8.36. The molecule has 1 saturated heterocycles.